The molecule has 142 valence electrons. The van der Waals surface area contributed by atoms with Gasteiger partial charge in [0, 0.05) is 6.54 Å². The maximum absolute atomic E-state index is 13.1. The van der Waals surface area contributed by atoms with Crippen molar-refractivity contribution in [1.82, 2.24) is 24.4 Å². The van der Waals surface area contributed by atoms with E-state index in [1.807, 2.05) is 13.1 Å². The highest BCUT2D eigenvalue weighted by Crippen LogP contribution is 2.22. The molecule has 1 aromatic carbocycles. The van der Waals surface area contributed by atoms with Gasteiger partial charge in [-0.2, -0.15) is 10.4 Å². The summed E-state index contributed by atoms with van der Waals surface area (Å²) < 4.78 is 16.4. The Morgan fingerprint density at radius 3 is 2.79 bits per heavy atom. The molecule has 0 atom stereocenters. The predicted octanol–water partition coefficient (Wildman–Crippen LogP) is 2.92. The number of nitrogens with zero attached hydrogens (tertiary/aromatic N) is 6. The Morgan fingerprint density at radius 1 is 1.29 bits per heavy atom. The van der Waals surface area contributed by atoms with Crippen LogP contribution in [0.15, 0.2) is 30.5 Å². The number of rotatable bonds is 6. The van der Waals surface area contributed by atoms with Gasteiger partial charge in [0.2, 0.25) is 10.1 Å². The van der Waals surface area contributed by atoms with Gasteiger partial charge in [0.05, 0.1) is 23.3 Å². The minimum absolute atomic E-state index is 0.258. The summed E-state index contributed by atoms with van der Waals surface area (Å²) >= 11 is 1.48. The summed E-state index contributed by atoms with van der Waals surface area (Å²) in [4.78, 5) is 5.22. The third kappa shape index (κ3) is 3.39. The molecule has 0 aliphatic heterocycles. The summed E-state index contributed by atoms with van der Waals surface area (Å²) in [5, 5.41) is 22.4. The lowest BCUT2D eigenvalue weighted by molar-refractivity contribution is 0.627. The third-order valence-corrected chi connectivity index (χ3v) is 5.09. The molecule has 0 spiro atoms. The predicted molar refractivity (Wildman–Crippen MR) is 105 cm³/mol. The van der Waals surface area contributed by atoms with Crippen molar-refractivity contribution < 1.29 is 4.39 Å². The highest BCUT2D eigenvalue weighted by atomic mass is 32.1. The molecule has 0 radical (unpaired) electrons. The maximum atomic E-state index is 13.1. The van der Waals surface area contributed by atoms with E-state index in [9.17, 15) is 9.65 Å². The average Bonchev–Trinajstić information content (AvgIpc) is 3.30. The van der Waals surface area contributed by atoms with E-state index in [2.05, 4.69) is 26.6 Å². The summed E-state index contributed by atoms with van der Waals surface area (Å²) in [5.74, 6) is -0.0837. The number of anilines is 2. The zero-order valence-corrected chi connectivity index (χ0v) is 15.9. The van der Waals surface area contributed by atoms with Crippen LogP contribution in [0.3, 0.4) is 0 Å². The summed E-state index contributed by atoms with van der Waals surface area (Å²) in [5.41, 5.74) is 8.60. The first-order chi connectivity index (χ1) is 13.5. The summed E-state index contributed by atoms with van der Waals surface area (Å²) in [6.07, 6.45) is 3.20. The lowest BCUT2D eigenvalue weighted by Gasteiger charge is -2.03. The number of benzene rings is 1. The average molecular weight is 396 g/mol. The highest BCUT2D eigenvalue weighted by molar-refractivity contribution is 7.20. The van der Waals surface area contributed by atoms with Gasteiger partial charge in [-0.1, -0.05) is 11.3 Å². The van der Waals surface area contributed by atoms with Gasteiger partial charge in [-0.15, -0.1) is 5.10 Å². The van der Waals surface area contributed by atoms with Crippen LogP contribution in [0.1, 0.15) is 23.4 Å². The molecule has 0 saturated heterocycles. The zero-order chi connectivity index (χ0) is 19.7. The topological polar surface area (TPSA) is 110 Å². The molecule has 0 saturated carbocycles. The van der Waals surface area contributed by atoms with E-state index in [0.717, 1.165) is 22.2 Å². The van der Waals surface area contributed by atoms with E-state index >= 15 is 0 Å². The number of nitrogens with two attached hydrogens (primary N) is 1. The number of aryl methyl sites for hydroxylation is 2. The number of aromatic nitrogens is 5. The first-order valence-electron chi connectivity index (χ1n) is 8.65. The van der Waals surface area contributed by atoms with Gasteiger partial charge < -0.3 is 11.1 Å². The number of nitrogen functional groups attached to an aromatic ring is 1. The number of nitriles is 1. The van der Waals surface area contributed by atoms with Crippen molar-refractivity contribution in [2.24, 2.45) is 0 Å². The van der Waals surface area contributed by atoms with Crippen molar-refractivity contribution in [2.45, 2.75) is 19.8 Å². The second kappa shape index (κ2) is 7.28. The molecule has 8 nitrogen and oxygen atoms in total. The van der Waals surface area contributed by atoms with Crippen LogP contribution >= 0.6 is 11.3 Å². The largest absolute Gasteiger partial charge is 0.382 e. The molecule has 4 rings (SSSR count). The second-order valence-corrected chi connectivity index (χ2v) is 7.21. The van der Waals surface area contributed by atoms with Gasteiger partial charge in [0.25, 0.3) is 0 Å². The smallest absolute Gasteiger partial charge is 0.214 e. The van der Waals surface area contributed by atoms with Crippen LogP contribution in [0.2, 0.25) is 0 Å². The Morgan fingerprint density at radius 2 is 2.07 bits per heavy atom. The van der Waals surface area contributed by atoms with Crippen LogP contribution in [0.4, 0.5) is 15.3 Å². The first kappa shape index (κ1) is 17.9. The molecule has 3 heterocycles. The van der Waals surface area contributed by atoms with E-state index < -0.39 is 0 Å². The van der Waals surface area contributed by atoms with Crippen LogP contribution < -0.4 is 11.1 Å². The van der Waals surface area contributed by atoms with E-state index in [-0.39, 0.29) is 11.6 Å². The van der Waals surface area contributed by atoms with E-state index in [4.69, 9.17) is 5.73 Å². The monoisotopic (exact) mass is 396 g/mol. The van der Waals surface area contributed by atoms with Crippen LogP contribution in [-0.2, 0) is 6.42 Å². The molecule has 0 aliphatic rings. The van der Waals surface area contributed by atoms with Crippen molar-refractivity contribution >= 4 is 27.2 Å². The minimum atomic E-state index is -0.342. The quantitative estimate of drug-likeness (QED) is 0.485. The molecule has 3 aromatic heterocycles. The number of hydrogen-bond acceptors (Lipinski definition) is 7. The summed E-state index contributed by atoms with van der Waals surface area (Å²) in [6.45, 7) is 2.60. The second-order valence-electron chi connectivity index (χ2n) is 6.25. The standard InChI is InChI=1S/C18H17FN8S/c1-11-10-26-18(23-11)28-17(25-26)22-8-2-3-15-14(9-20)16(21)27(24-15)13-6-4-12(19)5-7-13/h4-7,10H,2-3,8,21H2,1H3,(H,22,25). The number of hydrogen-bond donors (Lipinski definition) is 2. The molecule has 4 aromatic rings. The van der Waals surface area contributed by atoms with Crippen molar-refractivity contribution in [1.29, 1.82) is 5.26 Å². The van der Waals surface area contributed by atoms with E-state index in [1.165, 1.54) is 28.2 Å². The van der Waals surface area contributed by atoms with Crippen molar-refractivity contribution in [3.63, 3.8) is 0 Å². The minimum Gasteiger partial charge on any atom is -0.382 e. The highest BCUT2D eigenvalue weighted by Gasteiger charge is 2.16. The van der Waals surface area contributed by atoms with Crippen molar-refractivity contribution in [3.8, 4) is 11.8 Å². The Bertz CT molecular complexity index is 1130. The van der Waals surface area contributed by atoms with E-state index in [0.29, 0.717) is 29.9 Å². The lowest BCUT2D eigenvalue weighted by Crippen LogP contribution is -2.04. The van der Waals surface area contributed by atoms with Crippen molar-refractivity contribution in [2.75, 3.05) is 17.6 Å². The number of nitrogens with one attached hydrogen (secondary N) is 1. The third-order valence-electron chi connectivity index (χ3n) is 4.21. The summed E-state index contributed by atoms with van der Waals surface area (Å²) in [7, 11) is 0. The van der Waals surface area contributed by atoms with Crippen LogP contribution in [0, 0.1) is 24.1 Å². The maximum Gasteiger partial charge on any atom is 0.214 e. The fourth-order valence-corrected chi connectivity index (χ4v) is 3.74. The molecule has 0 fully saturated rings. The Balaban J connectivity index is 1.42. The Hall–Kier alpha value is -3.45. The van der Waals surface area contributed by atoms with Gasteiger partial charge in [-0.3, -0.25) is 0 Å². The number of halogens is 1. The zero-order valence-electron chi connectivity index (χ0n) is 15.1. The normalized spacial score (nSPS) is 11.0. The molecular formula is C18H17FN8S. The fraction of sp³-hybridized carbons (Fsp3) is 0.222. The molecule has 0 amide bonds. The molecule has 0 aliphatic carbocycles. The molecule has 10 heteroatoms. The van der Waals surface area contributed by atoms with E-state index in [1.54, 1.807) is 16.6 Å². The van der Waals surface area contributed by atoms with Crippen LogP contribution in [0.5, 0.6) is 0 Å². The number of fused-ring (bicyclic) bond motifs is 1. The van der Waals surface area contributed by atoms with Crippen LogP contribution in [0.25, 0.3) is 10.6 Å². The van der Waals surface area contributed by atoms with Gasteiger partial charge in [0.15, 0.2) is 0 Å². The van der Waals surface area contributed by atoms with Gasteiger partial charge >= 0.3 is 0 Å². The number of imidazole rings is 1. The summed E-state index contributed by atoms with van der Waals surface area (Å²) in [6, 6.07) is 7.93. The fourth-order valence-electron chi connectivity index (χ4n) is 2.89. The molecule has 0 bridgehead atoms. The Kier molecular flexibility index (Phi) is 4.67. The van der Waals surface area contributed by atoms with Crippen molar-refractivity contribution in [3.05, 3.63) is 53.2 Å². The SMILES string of the molecule is Cc1cn2nc(NCCCc3nn(-c4ccc(F)cc4)c(N)c3C#N)sc2n1. The van der Waals surface area contributed by atoms with Gasteiger partial charge in [-0.05, 0) is 44.0 Å². The van der Waals surface area contributed by atoms with Gasteiger partial charge in [0.1, 0.15) is 23.3 Å². The molecular weight excluding hydrogens is 379 g/mol. The lowest BCUT2D eigenvalue weighted by atomic mass is 10.1. The molecule has 0 unspecified atom stereocenters. The molecule has 28 heavy (non-hydrogen) atoms. The first-order valence-corrected chi connectivity index (χ1v) is 9.47. The molecule has 3 N–H and O–H groups in total. The van der Waals surface area contributed by atoms with Crippen LogP contribution in [-0.4, -0.2) is 30.9 Å². The van der Waals surface area contributed by atoms with Gasteiger partial charge in [-0.25, -0.2) is 18.6 Å². The Labute approximate surface area is 164 Å².